The molecule has 0 aromatic rings. The molecule has 0 unspecified atom stereocenters. The van der Waals surface area contributed by atoms with Crippen molar-refractivity contribution in [3.63, 3.8) is 0 Å². The molecule has 1 nitrogen and oxygen atoms in total. The molecule has 10 heavy (non-hydrogen) atoms. The van der Waals surface area contributed by atoms with Crippen LogP contribution in [-0.2, 0) is 4.79 Å². The van der Waals surface area contributed by atoms with E-state index in [1.165, 1.54) is 0 Å². The van der Waals surface area contributed by atoms with E-state index in [0.29, 0.717) is 5.75 Å². The highest BCUT2D eigenvalue weighted by molar-refractivity contribution is 7.99. The molecule has 0 aliphatic carbocycles. The van der Waals surface area contributed by atoms with Crippen LogP contribution >= 0.6 is 11.8 Å². The Morgan fingerprint density at radius 1 is 1.60 bits per heavy atom. The molecule has 0 amide bonds. The number of unbranched alkanes of at least 4 members (excludes halogenated alkanes) is 1. The van der Waals surface area contributed by atoms with E-state index in [1.54, 1.807) is 17.8 Å². The largest absolute Gasteiger partial charge is 0.294 e. The molecule has 0 bridgehead atoms. The smallest absolute Gasteiger partial charge is 0.165 e. The number of rotatable bonds is 5. The minimum absolute atomic E-state index is 0.223. The van der Waals surface area contributed by atoms with Crippen LogP contribution in [0.5, 0.6) is 0 Å². The maximum Gasteiger partial charge on any atom is 0.165 e. The standard InChI is InChI=1S/C8H14OS/c1-3-4-5-6-8(9)7-10-2/h5-6H,3-4,7H2,1-2H3. The Balaban J connectivity index is 3.36. The first kappa shape index (κ1) is 9.76. The van der Waals surface area contributed by atoms with Crippen LogP contribution in [0.15, 0.2) is 12.2 Å². The zero-order chi connectivity index (χ0) is 7.82. The summed E-state index contributed by atoms with van der Waals surface area (Å²) in [6.07, 6.45) is 7.69. The van der Waals surface area contributed by atoms with Gasteiger partial charge in [-0.1, -0.05) is 19.4 Å². The van der Waals surface area contributed by atoms with Crippen LogP contribution in [0.25, 0.3) is 0 Å². The van der Waals surface area contributed by atoms with E-state index in [0.717, 1.165) is 12.8 Å². The van der Waals surface area contributed by atoms with Gasteiger partial charge in [0.05, 0.1) is 5.75 Å². The van der Waals surface area contributed by atoms with Gasteiger partial charge in [-0.25, -0.2) is 0 Å². The Labute approximate surface area is 66.9 Å². The molecule has 0 rings (SSSR count). The Bertz CT molecular complexity index is 118. The number of carbonyl (C=O) groups excluding carboxylic acids is 1. The van der Waals surface area contributed by atoms with Crippen molar-refractivity contribution in [2.45, 2.75) is 19.8 Å². The Morgan fingerprint density at radius 2 is 2.30 bits per heavy atom. The number of hydrogen-bond donors (Lipinski definition) is 0. The second-order valence-electron chi connectivity index (χ2n) is 2.09. The number of ketones is 1. The molecule has 0 N–H and O–H groups in total. The van der Waals surface area contributed by atoms with Crippen LogP contribution in [0.3, 0.4) is 0 Å². The fourth-order valence-electron chi connectivity index (χ4n) is 0.572. The van der Waals surface area contributed by atoms with Gasteiger partial charge in [-0.3, -0.25) is 4.79 Å². The van der Waals surface area contributed by atoms with Crippen LogP contribution in [0.2, 0.25) is 0 Å². The van der Waals surface area contributed by atoms with Crippen LogP contribution in [0, 0.1) is 0 Å². The van der Waals surface area contributed by atoms with E-state index in [2.05, 4.69) is 6.92 Å². The van der Waals surface area contributed by atoms with Crippen molar-refractivity contribution in [3.8, 4) is 0 Å². The molecule has 0 aromatic heterocycles. The molecule has 0 aliphatic rings. The summed E-state index contributed by atoms with van der Waals surface area (Å²) in [5.74, 6) is 0.834. The van der Waals surface area contributed by atoms with Crippen LogP contribution in [0.4, 0.5) is 0 Å². The molecule has 0 atom stereocenters. The van der Waals surface area contributed by atoms with Crippen LogP contribution < -0.4 is 0 Å². The van der Waals surface area contributed by atoms with E-state index in [1.807, 2.05) is 12.3 Å². The lowest BCUT2D eigenvalue weighted by Crippen LogP contribution is -1.94. The second kappa shape index (κ2) is 6.87. The normalized spacial score (nSPS) is 10.6. The summed E-state index contributed by atoms with van der Waals surface area (Å²) in [5.41, 5.74) is 0. The summed E-state index contributed by atoms with van der Waals surface area (Å²) in [6.45, 7) is 2.10. The van der Waals surface area contributed by atoms with Crippen molar-refractivity contribution in [1.29, 1.82) is 0 Å². The Morgan fingerprint density at radius 3 is 2.80 bits per heavy atom. The SMILES string of the molecule is CCCC=CC(=O)CSC. The fraction of sp³-hybridized carbons (Fsp3) is 0.625. The van der Waals surface area contributed by atoms with Gasteiger partial charge in [0.15, 0.2) is 5.78 Å². The van der Waals surface area contributed by atoms with Crippen molar-refractivity contribution in [1.82, 2.24) is 0 Å². The number of allylic oxidation sites excluding steroid dienone is 2. The lowest BCUT2D eigenvalue weighted by Gasteiger charge is -1.87. The summed E-state index contributed by atoms with van der Waals surface area (Å²) >= 11 is 1.57. The molecule has 0 aliphatic heterocycles. The lowest BCUT2D eigenvalue weighted by atomic mass is 10.3. The summed E-state index contributed by atoms with van der Waals surface area (Å²) in [7, 11) is 0. The molecule has 0 spiro atoms. The average Bonchev–Trinajstić information content (AvgIpc) is 1.89. The molecule has 0 radical (unpaired) electrons. The molecule has 0 fully saturated rings. The van der Waals surface area contributed by atoms with Gasteiger partial charge in [0.25, 0.3) is 0 Å². The van der Waals surface area contributed by atoms with Crippen LogP contribution in [-0.4, -0.2) is 17.8 Å². The number of carbonyl (C=O) groups is 1. The highest BCUT2D eigenvalue weighted by Crippen LogP contribution is 1.94. The molecule has 58 valence electrons. The predicted octanol–water partition coefficient (Wildman–Crippen LogP) is 2.27. The van der Waals surface area contributed by atoms with Gasteiger partial charge in [0.2, 0.25) is 0 Å². The van der Waals surface area contributed by atoms with Gasteiger partial charge in [-0.15, -0.1) is 0 Å². The molecule has 0 saturated carbocycles. The van der Waals surface area contributed by atoms with Crippen molar-refractivity contribution in [2.24, 2.45) is 0 Å². The van der Waals surface area contributed by atoms with Crippen molar-refractivity contribution >= 4 is 17.5 Å². The molecule has 0 saturated heterocycles. The summed E-state index contributed by atoms with van der Waals surface area (Å²) in [6, 6.07) is 0. The highest BCUT2D eigenvalue weighted by Gasteiger charge is 1.90. The third kappa shape index (κ3) is 5.89. The highest BCUT2D eigenvalue weighted by atomic mass is 32.2. The van der Waals surface area contributed by atoms with E-state index in [-0.39, 0.29) is 5.78 Å². The zero-order valence-electron chi connectivity index (χ0n) is 6.59. The van der Waals surface area contributed by atoms with Gasteiger partial charge in [0, 0.05) is 0 Å². The second-order valence-corrected chi connectivity index (χ2v) is 2.96. The minimum atomic E-state index is 0.223. The fourth-order valence-corrected chi connectivity index (χ4v) is 0.953. The maximum absolute atomic E-state index is 10.8. The number of hydrogen-bond acceptors (Lipinski definition) is 2. The van der Waals surface area contributed by atoms with Gasteiger partial charge in [0.1, 0.15) is 0 Å². The third-order valence-corrected chi connectivity index (χ3v) is 1.62. The minimum Gasteiger partial charge on any atom is -0.294 e. The van der Waals surface area contributed by atoms with Crippen LogP contribution in [0.1, 0.15) is 19.8 Å². The molecule has 0 heterocycles. The predicted molar refractivity (Wildman–Crippen MR) is 47.4 cm³/mol. The lowest BCUT2D eigenvalue weighted by molar-refractivity contribution is -0.112. The van der Waals surface area contributed by atoms with Gasteiger partial charge < -0.3 is 0 Å². The quantitative estimate of drug-likeness (QED) is 0.571. The van der Waals surface area contributed by atoms with Gasteiger partial charge >= 0.3 is 0 Å². The van der Waals surface area contributed by atoms with Gasteiger partial charge in [-0.05, 0) is 18.8 Å². The van der Waals surface area contributed by atoms with Crippen molar-refractivity contribution in [2.75, 3.05) is 12.0 Å². The topological polar surface area (TPSA) is 17.1 Å². The number of thioether (sulfide) groups is 1. The van der Waals surface area contributed by atoms with Crippen molar-refractivity contribution in [3.05, 3.63) is 12.2 Å². The molecular weight excluding hydrogens is 144 g/mol. The average molecular weight is 158 g/mol. The van der Waals surface area contributed by atoms with E-state index in [9.17, 15) is 4.79 Å². The first-order valence-electron chi connectivity index (χ1n) is 3.49. The molecule has 0 aromatic carbocycles. The first-order chi connectivity index (χ1) is 4.81. The summed E-state index contributed by atoms with van der Waals surface area (Å²) in [4.78, 5) is 10.8. The molecular formula is C8H14OS. The summed E-state index contributed by atoms with van der Waals surface area (Å²) in [5, 5.41) is 0. The monoisotopic (exact) mass is 158 g/mol. The maximum atomic E-state index is 10.8. The first-order valence-corrected chi connectivity index (χ1v) is 4.89. The Hall–Kier alpha value is -0.240. The van der Waals surface area contributed by atoms with E-state index < -0.39 is 0 Å². The van der Waals surface area contributed by atoms with Crippen molar-refractivity contribution < 1.29 is 4.79 Å². The molecule has 2 heteroatoms. The van der Waals surface area contributed by atoms with E-state index in [4.69, 9.17) is 0 Å². The third-order valence-electron chi connectivity index (χ3n) is 1.05. The van der Waals surface area contributed by atoms with Gasteiger partial charge in [-0.2, -0.15) is 11.8 Å². The summed E-state index contributed by atoms with van der Waals surface area (Å²) < 4.78 is 0. The van der Waals surface area contributed by atoms with E-state index >= 15 is 0 Å². The zero-order valence-corrected chi connectivity index (χ0v) is 7.41. The Kier molecular flexibility index (Phi) is 6.71.